The molecule has 0 bridgehead atoms. The van der Waals surface area contributed by atoms with Crippen molar-refractivity contribution >= 4 is 0 Å². The minimum Gasteiger partial charge on any atom is 0 e. The summed E-state index contributed by atoms with van der Waals surface area (Å²) in [6.07, 6.45) is 0. The molecule has 0 unspecified atom stereocenters. The van der Waals surface area contributed by atoms with E-state index in [2.05, 4.69) is 0 Å². The molecule has 0 N–H and O–H groups in total. The molecule has 4 heavy (non-hydrogen) atoms. The summed E-state index contributed by atoms with van der Waals surface area (Å²) in [6.45, 7) is 0. The maximum atomic E-state index is 0. The van der Waals surface area contributed by atoms with Crippen LogP contribution in [-0.4, -0.2) is 0 Å². The summed E-state index contributed by atoms with van der Waals surface area (Å²) in [5.74, 6) is 0. The van der Waals surface area contributed by atoms with E-state index in [9.17, 15) is 0 Å². The van der Waals surface area contributed by atoms with E-state index in [0.29, 0.717) is 0 Å². The maximum absolute atomic E-state index is 0. The Hall–Kier alpha value is 3.27. The van der Waals surface area contributed by atoms with E-state index in [1.807, 2.05) is 0 Å². The van der Waals surface area contributed by atoms with Crippen LogP contribution >= 0.6 is 0 Å². The first-order valence-electron chi connectivity index (χ1n) is 0. The third-order valence-corrected chi connectivity index (χ3v) is 0. The van der Waals surface area contributed by atoms with Gasteiger partial charge in [-0.05, 0) is 0 Å². The van der Waals surface area contributed by atoms with E-state index in [4.69, 9.17) is 0 Å². The molecule has 21 valence electrons. The molecule has 0 aromatic rings. The molecule has 0 atom stereocenters. The van der Waals surface area contributed by atoms with Gasteiger partial charge in [-0.15, -0.1) is 0 Å². The van der Waals surface area contributed by atoms with Gasteiger partial charge in [-0.1, -0.05) is 0 Å². The normalized spacial score (nSPS) is 0. The van der Waals surface area contributed by atoms with Crippen LogP contribution in [0.15, 0.2) is 0 Å². The zero-order chi connectivity index (χ0) is 0. The van der Waals surface area contributed by atoms with Crippen LogP contribution in [0.2, 0.25) is 0 Å². The zero-order valence-electron chi connectivity index (χ0n) is 1.83. The summed E-state index contributed by atoms with van der Waals surface area (Å²) in [4.78, 5) is 0. The zero-order valence-corrected chi connectivity index (χ0v) is 10.8. The van der Waals surface area contributed by atoms with E-state index < -0.39 is 0 Å². The third-order valence-electron chi connectivity index (χ3n) is 0. The Bertz CT molecular complexity index is 3.25. The van der Waals surface area contributed by atoms with E-state index in [1.54, 1.807) is 0 Å². The minimum atomic E-state index is 0. The van der Waals surface area contributed by atoms with Gasteiger partial charge in [-0.25, -0.2) is 0 Å². The summed E-state index contributed by atoms with van der Waals surface area (Å²) in [7, 11) is 0. The van der Waals surface area contributed by atoms with Crippen LogP contribution in [0.5, 0.6) is 0 Å². The van der Waals surface area contributed by atoms with Crippen LogP contribution in [-0.2, 0) is 98.1 Å². The predicted molar refractivity (Wildman–Crippen MR) is 0 cm³/mol. The number of rotatable bonds is 0. The monoisotopic (exact) mass is 373 g/mol. The second kappa shape index (κ2) is 16.3. The van der Waals surface area contributed by atoms with Gasteiger partial charge in [0, 0.05) is 98.1 Å². The van der Waals surface area contributed by atoms with E-state index in [-0.39, 0.29) is 98.1 Å². The summed E-state index contributed by atoms with van der Waals surface area (Å²) >= 11 is 0. The first-order valence-corrected chi connectivity index (χ1v) is 0. The standard InChI is InChI=1S/Rh.3Zr. The molecular weight excluding hydrogens is 377 g/mol. The molecule has 0 aromatic heterocycles. The largest absolute Gasteiger partial charge is 0 e. The van der Waals surface area contributed by atoms with Crippen molar-refractivity contribution in [2.75, 3.05) is 0 Å². The molecule has 0 nitrogen and oxygen atoms in total. The molecule has 0 aliphatic carbocycles. The second-order valence-corrected chi connectivity index (χ2v) is 0. The molecule has 0 amide bonds. The fraction of sp³-hybridized carbons (Fsp3) is 0. The van der Waals surface area contributed by atoms with Gasteiger partial charge in [-0.3, -0.25) is 0 Å². The molecule has 0 saturated heterocycles. The Morgan fingerprint density at radius 2 is 0.500 bits per heavy atom. The predicted octanol–water partition coefficient (Wildman–Crippen LogP) is -0.0100. The quantitative estimate of drug-likeness (QED) is 0.522. The van der Waals surface area contributed by atoms with Gasteiger partial charge < -0.3 is 0 Å². The molecule has 4 heteroatoms. The molecule has 0 aliphatic heterocycles. The van der Waals surface area contributed by atoms with Crippen LogP contribution in [0.3, 0.4) is 0 Å². The number of hydrogen-bond donors (Lipinski definition) is 0. The Balaban J connectivity index is 0. The summed E-state index contributed by atoms with van der Waals surface area (Å²) in [5.41, 5.74) is 0. The van der Waals surface area contributed by atoms with Crippen molar-refractivity contribution in [3.8, 4) is 0 Å². The molecule has 0 aromatic carbocycles. The fourth-order valence-corrected chi connectivity index (χ4v) is 0. The summed E-state index contributed by atoms with van der Waals surface area (Å²) in [6, 6.07) is 0. The van der Waals surface area contributed by atoms with E-state index in [0.717, 1.165) is 0 Å². The Morgan fingerprint density at radius 1 is 0.500 bits per heavy atom. The average molecular weight is 377 g/mol. The fourth-order valence-electron chi connectivity index (χ4n) is 0. The van der Waals surface area contributed by atoms with Crippen molar-refractivity contribution in [1.29, 1.82) is 0 Å². The average Bonchev–Trinajstić information content (AvgIpc) is 0. The van der Waals surface area contributed by atoms with Crippen molar-refractivity contribution in [3.63, 3.8) is 0 Å². The topological polar surface area (TPSA) is 0 Å². The van der Waals surface area contributed by atoms with Gasteiger partial charge in [0.1, 0.15) is 0 Å². The number of hydrogen-bond acceptors (Lipinski definition) is 0. The first-order chi connectivity index (χ1) is 0. The van der Waals surface area contributed by atoms with Crippen LogP contribution in [0.1, 0.15) is 0 Å². The van der Waals surface area contributed by atoms with Gasteiger partial charge in [0.25, 0.3) is 0 Å². The maximum Gasteiger partial charge on any atom is 0 e. The minimum absolute atomic E-state index is 0. The van der Waals surface area contributed by atoms with Crippen LogP contribution in [0, 0.1) is 0 Å². The van der Waals surface area contributed by atoms with Crippen molar-refractivity contribution in [2.45, 2.75) is 0 Å². The van der Waals surface area contributed by atoms with Gasteiger partial charge in [0.15, 0.2) is 0 Å². The van der Waals surface area contributed by atoms with Crippen molar-refractivity contribution in [3.05, 3.63) is 0 Å². The summed E-state index contributed by atoms with van der Waals surface area (Å²) < 4.78 is 0. The van der Waals surface area contributed by atoms with Gasteiger partial charge in [-0.2, -0.15) is 0 Å². The molecule has 0 fully saturated rings. The Morgan fingerprint density at radius 3 is 0.500 bits per heavy atom. The van der Waals surface area contributed by atoms with Gasteiger partial charge in [0.2, 0.25) is 0 Å². The van der Waals surface area contributed by atoms with Crippen molar-refractivity contribution < 1.29 is 98.1 Å². The van der Waals surface area contributed by atoms with Gasteiger partial charge >= 0.3 is 0 Å². The first kappa shape index (κ1) is 26.7. The molecule has 0 rings (SSSR count). The third kappa shape index (κ3) is 8.99. The molecule has 0 saturated carbocycles. The Kier molecular flexibility index (Phi) is 109. The van der Waals surface area contributed by atoms with Crippen LogP contribution in [0.4, 0.5) is 0 Å². The Labute approximate surface area is 96.0 Å². The van der Waals surface area contributed by atoms with Crippen LogP contribution in [0.25, 0.3) is 0 Å². The van der Waals surface area contributed by atoms with Crippen LogP contribution < -0.4 is 0 Å². The van der Waals surface area contributed by atoms with E-state index >= 15 is 0 Å². The second-order valence-electron chi connectivity index (χ2n) is 0. The summed E-state index contributed by atoms with van der Waals surface area (Å²) in [5, 5.41) is 0. The molecule has 0 spiro atoms. The molecule has 0 heterocycles. The SMILES string of the molecule is [Rh].[Zr].[Zr].[Zr]. The van der Waals surface area contributed by atoms with Crippen molar-refractivity contribution in [1.82, 2.24) is 0 Å². The molecule has 0 aliphatic rings. The van der Waals surface area contributed by atoms with Gasteiger partial charge in [0.05, 0.1) is 0 Å². The smallest absolute Gasteiger partial charge is 0 e. The van der Waals surface area contributed by atoms with Crippen molar-refractivity contribution in [2.24, 2.45) is 0 Å². The molecular formula is RhZr3. The molecule has 1 radical (unpaired) electrons. The van der Waals surface area contributed by atoms with E-state index in [1.165, 1.54) is 0 Å².